The van der Waals surface area contributed by atoms with Crippen LogP contribution >= 0.6 is 31.9 Å². The van der Waals surface area contributed by atoms with Crippen molar-refractivity contribution in [1.82, 2.24) is 0 Å². The van der Waals surface area contributed by atoms with Crippen molar-refractivity contribution >= 4 is 43.5 Å². The van der Waals surface area contributed by atoms with E-state index in [9.17, 15) is 4.79 Å². The summed E-state index contributed by atoms with van der Waals surface area (Å²) in [6, 6.07) is 12.2. The van der Waals surface area contributed by atoms with E-state index in [-0.39, 0.29) is 5.91 Å². The molecule has 1 atom stereocenters. The maximum atomic E-state index is 12.3. The Labute approximate surface area is 156 Å². The summed E-state index contributed by atoms with van der Waals surface area (Å²) in [6.45, 7) is 1.64. The minimum atomic E-state index is -0.748. The number of benzene rings is 2. The highest BCUT2D eigenvalue weighted by Crippen LogP contribution is 2.30. The number of carbonyl (C=O) groups excluding carboxylic acids is 1. The lowest BCUT2D eigenvalue weighted by Crippen LogP contribution is -2.30. The molecule has 2 rings (SSSR count). The fourth-order valence-corrected chi connectivity index (χ4v) is 3.05. The predicted molar refractivity (Wildman–Crippen MR) is 98.3 cm³/mol. The van der Waals surface area contributed by atoms with E-state index in [2.05, 4.69) is 37.2 Å². The van der Waals surface area contributed by atoms with Gasteiger partial charge in [0.1, 0.15) is 0 Å². The second-order valence-electron chi connectivity index (χ2n) is 4.85. The Balaban J connectivity index is 2.10. The van der Waals surface area contributed by atoms with Crippen LogP contribution in [-0.2, 0) is 4.79 Å². The third kappa shape index (κ3) is 4.49. The standard InChI is InChI=1S/C17H14Br2N2O3/c1-10(17(22)21-14-5-4-12(18)8-13(14)19)24-15-6-3-11(9-20)7-16(15)23-2/h3-8,10H,1-2H3,(H,21,22)/t10-/m1/s1. The molecular weight excluding hydrogens is 440 g/mol. The zero-order valence-corrected chi connectivity index (χ0v) is 16.1. The van der Waals surface area contributed by atoms with Gasteiger partial charge in [-0.2, -0.15) is 5.26 Å². The van der Waals surface area contributed by atoms with Crippen LogP contribution in [0.5, 0.6) is 11.5 Å². The summed E-state index contributed by atoms with van der Waals surface area (Å²) in [4.78, 5) is 12.3. The van der Waals surface area contributed by atoms with Crippen molar-refractivity contribution in [3.63, 3.8) is 0 Å². The third-order valence-electron chi connectivity index (χ3n) is 3.15. The van der Waals surface area contributed by atoms with Crippen molar-refractivity contribution in [2.45, 2.75) is 13.0 Å². The zero-order chi connectivity index (χ0) is 17.7. The van der Waals surface area contributed by atoms with Crippen LogP contribution in [0, 0.1) is 11.3 Å². The highest BCUT2D eigenvalue weighted by atomic mass is 79.9. The van der Waals surface area contributed by atoms with Crippen LogP contribution in [0.2, 0.25) is 0 Å². The lowest BCUT2D eigenvalue weighted by molar-refractivity contribution is -0.122. The van der Waals surface area contributed by atoms with Gasteiger partial charge in [0.05, 0.1) is 24.4 Å². The molecule has 0 bridgehead atoms. The van der Waals surface area contributed by atoms with Gasteiger partial charge in [-0.15, -0.1) is 0 Å². The number of nitrogens with zero attached hydrogens (tertiary/aromatic N) is 1. The van der Waals surface area contributed by atoms with Crippen molar-refractivity contribution in [2.24, 2.45) is 0 Å². The zero-order valence-electron chi connectivity index (χ0n) is 13.0. The van der Waals surface area contributed by atoms with E-state index < -0.39 is 6.10 Å². The molecule has 2 aromatic rings. The number of anilines is 1. The topological polar surface area (TPSA) is 71.3 Å². The number of rotatable bonds is 5. The Bertz CT molecular complexity index is 803. The first-order valence-corrected chi connectivity index (χ1v) is 8.54. The maximum Gasteiger partial charge on any atom is 0.265 e. The Hall–Kier alpha value is -2.04. The minimum absolute atomic E-state index is 0.301. The molecule has 5 nitrogen and oxygen atoms in total. The van der Waals surface area contributed by atoms with Crippen molar-refractivity contribution in [2.75, 3.05) is 12.4 Å². The number of methoxy groups -OCH3 is 1. The SMILES string of the molecule is COc1cc(C#N)ccc1O[C@H](C)C(=O)Nc1ccc(Br)cc1Br. The summed E-state index contributed by atoms with van der Waals surface area (Å²) in [7, 11) is 1.48. The number of carbonyl (C=O) groups is 1. The van der Waals surface area contributed by atoms with E-state index in [0.29, 0.717) is 22.7 Å². The van der Waals surface area contributed by atoms with Crippen LogP contribution in [-0.4, -0.2) is 19.1 Å². The van der Waals surface area contributed by atoms with E-state index >= 15 is 0 Å². The molecule has 0 aliphatic rings. The molecule has 2 aromatic carbocycles. The molecule has 0 fully saturated rings. The Morgan fingerprint density at radius 2 is 1.96 bits per heavy atom. The normalized spacial score (nSPS) is 11.3. The van der Waals surface area contributed by atoms with E-state index in [1.807, 2.05) is 18.2 Å². The van der Waals surface area contributed by atoms with Crippen molar-refractivity contribution in [3.8, 4) is 17.6 Å². The molecule has 7 heteroatoms. The van der Waals surface area contributed by atoms with Crippen LogP contribution in [0.25, 0.3) is 0 Å². The van der Waals surface area contributed by atoms with Gasteiger partial charge in [-0.25, -0.2) is 0 Å². The quantitative estimate of drug-likeness (QED) is 0.723. The number of ether oxygens (including phenoxy) is 2. The average molecular weight is 454 g/mol. The molecule has 0 saturated heterocycles. The molecule has 0 radical (unpaired) electrons. The second kappa shape index (κ2) is 8.18. The molecule has 1 N–H and O–H groups in total. The van der Waals surface area contributed by atoms with Crippen molar-refractivity contribution in [1.29, 1.82) is 5.26 Å². The summed E-state index contributed by atoms with van der Waals surface area (Å²) in [5, 5.41) is 11.7. The Morgan fingerprint density at radius 1 is 1.21 bits per heavy atom. The van der Waals surface area contributed by atoms with E-state index in [0.717, 1.165) is 8.95 Å². The number of nitrogens with one attached hydrogen (secondary N) is 1. The van der Waals surface area contributed by atoms with E-state index in [4.69, 9.17) is 14.7 Å². The van der Waals surface area contributed by atoms with Gasteiger partial charge in [0, 0.05) is 15.0 Å². The highest BCUT2D eigenvalue weighted by molar-refractivity contribution is 9.11. The van der Waals surface area contributed by atoms with E-state index in [1.54, 1.807) is 31.2 Å². The van der Waals surface area contributed by atoms with Crippen LogP contribution in [0.3, 0.4) is 0 Å². The number of hydrogen-bond donors (Lipinski definition) is 1. The first-order valence-electron chi connectivity index (χ1n) is 6.95. The molecule has 0 aromatic heterocycles. The van der Waals surface area contributed by atoms with Crippen LogP contribution in [0.4, 0.5) is 5.69 Å². The molecule has 1 amide bonds. The molecule has 0 unspecified atom stereocenters. The van der Waals surface area contributed by atoms with Gasteiger partial charge in [-0.1, -0.05) is 15.9 Å². The average Bonchev–Trinajstić information content (AvgIpc) is 2.57. The number of nitriles is 1. The number of hydrogen-bond acceptors (Lipinski definition) is 4. The predicted octanol–water partition coefficient (Wildman–Crippen LogP) is 4.50. The van der Waals surface area contributed by atoms with Gasteiger partial charge in [0.25, 0.3) is 5.91 Å². The van der Waals surface area contributed by atoms with Crippen LogP contribution < -0.4 is 14.8 Å². The molecular formula is C17H14Br2N2O3. The Morgan fingerprint density at radius 3 is 2.58 bits per heavy atom. The van der Waals surface area contributed by atoms with Gasteiger partial charge in [-0.3, -0.25) is 4.79 Å². The minimum Gasteiger partial charge on any atom is -0.493 e. The summed E-state index contributed by atoms with van der Waals surface area (Å²) in [5.74, 6) is 0.497. The number of amides is 1. The van der Waals surface area contributed by atoms with Crippen LogP contribution in [0.15, 0.2) is 45.3 Å². The fourth-order valence-electron chi connectivity index (χ4n) is 1.90. The molecule has 24 heavy (non-hydrogen) atoms. The lowest BCUT2D eigenvalue weighted by atomic mass is 10.2. The molecule has 0 saturated carbocycles. The van der Waals surface area contributed by atoms with Gasteiger partial charge < -0.3 is 14.8 Å². The van der Waals surface area contributed by atoms with Gasteiger partial charge in [0.15, 0.2) is 17.6 Å². The Kier molecular flexibility index (Phi) is 6.23. The third-order valence-corrected chi connectivity index (χ3v) is 4.30. The molecule has 124 valence electrons. The monoisotopic (exact) mass is 452 g/mol. The highest BCUT2D eigenvalue weighted by Gasteiger charge is 2.18. The maximum absolute atomic E-state index is 12.3. The summed E-state index contributed by atoms with van der Waals surface area (Å²) in [5.41, 5.74) is 1.10. The van der Waals surface area contributed by atoms with Gasteiger partial charge in [0.2, 0.25) is 0 Å². The fraction of sp³-hybridized carbons (Fsp3) is 0.176. The molecule has 0 heterocycles. The van der Waals surface area contributed by atoms with Crippen molar-refractivity contribution in [3.05, 3.63) is 50.9 Å². The molecule has 0 aliphatic heterocycles. The largest absolute Gasteiger partial charge is 0.493 e. The summed E-state index contributed by atoms with van der Waals surface area (Å²) >= 11 is 6.75. The summed E-state index contributed by atoms with van der Waals surface area (Å²) in [6.07, 6.45) is -0.748. The first-order chi connectivity index (χ1) is 11.4. The van der Waals surface area contributed by atoms with E-state index in [1.165, 1.54) is 7.11 Å². The van der Waals surface area contributed by atoms with Gasteiger partial charge >= 0.3 is 0 Å². The smallest absolute Gasteiger partial charge is 0.265 e. The number of halogens is 2. The van der Waals surface area contributed by atoms with Gasteiger partial charge in [-0.05, 0) is 53.2 Å². The summed E-state index contributed by atoms with van der Waals surface area (Å²) < 4.78 is 12.5. The lowest BCUT2D eigenvalue weighted by Gasteiger charge is -2.17. The second-order valence-corrected chi connectivity index (χ2v) is 6.62. The first kappa shape index (κ1) is 18.3. The van der Waals surface area contributed by atoms with Crippen molar-refractivity contribution < 1.29 is 14.3 Å². The van der Waals surface area contributed by atoms with Crippen LogP contribution in [0.1, 0.15) is 12.5 Å². The molecule has 0 spiro atoms. The molecule has 0 aliphatic carbocycles.